The summed E-state index contributed by atoms with van der Waals surface area (Å²) in [7, 11) is 0. The van der Waals surface area contributed by atoms with E-state index in [1.54, 1.807) is 10.9 Å². The predicted octanol–water partition coefficient (Wildman–Crippen LogP) is 2.69. The van der Waals surface area contributed by atoms with E-state index >= 15 is 0 Å². The molecule has 0 bridgehead atoms. The molecular weight excluding hydrogens is 318 g/mol. The largest absolute Gasteiger partial charge is 0.311 e. The Morgan fingerprint density at radius 1 is 1.35 bits per heavy atom. The number of hydrogen-bond acceptors (Lipinski definition) is 4. The van der Waals surface area contributed by atoms with Crippen LogP contribution in [0.4, 0.5) is 0 Å². The molecule has 102 valence electrons. The maximum atomic E-state index is 4.48. The third-order valence-corrected chi connectivity index (χ3v) is 3.43. The maximum Gasteiger partial charge on any atom is 0.0969 e. The van der Waals surface area contributed by atoms with Crippen LogP contribution in [0, 0.1) is 0 Å². The average Bonchev–Trinajstić information content (AvgIpc) is 2.92. The van der Waals surface area contributed by atoms with Gasteiger partial charge in [0, 0.05) is 22.6 Å². The second-order valence-electron chi connectivity index (χ2n) is 4.44. The second-order valence-corrected chi connectivity index (χ2v) is 5.35. The predicted molar refractivity (Wildman–Crippen MR) is 81.7 cm³/mol. The molecule has 0 spiro atoms. The van der Waals surface area contributed by atoms with E-state index in [4.69, 9.17) is 0 Å². The fourth-order valence-electron chi connectivity index (χ4n) is 2.05. The molecule has 2 aromatic heterocycles. The molecular formula is C14H14BrN5. The van der Waals surface area contributed by atoms with Gasteiger partial charge in [-0.3, -0.25) is 4.98 Å². The van der Waals surface area contributed by atoms with Crippen molar-refractivity contribution in [3.63, 3.8) is 0 Å². The van der Waals surface area contributed by atoms with E-state index in [9.17, 15) is 0 Å². The van der Waals surface area contributed by atoms with Crippen molar-refractivity contribution in [2.24, 2.45) is 0 Å². The van der Waals surface area contributed by atoms with Crippen LogP contribution in [0.15, 0.2) is 41.1 Å². The van der Waals surface area contributed by atoms with E-state index in [0.717, 1.165) is 39.8 Å². The molecule has 0 fully saturated rings. The lowest BCUT2D eigenvalue weighted by molar-refractivity contribution is 0.705. The van der Waals surface area contributed by atoms with Crippen LogP contribution in [-0.2, 0) is 6.54 Å². The maximum absolute atomic E-state index is 4.48. The van der Waals surface area contributed by atoms with Gasteiger partial charge in [-0.2, -0.15) is 0 Å². The van der Waals surface area contributed by atoms with Gasteiger partial charge in [0.05, 0.1) is 23.1 Å². The van der Waals surface area contributed by atoms with Crippen LogP contribution in [0.2, 0.25) is 0 Å². The van der Waals surface area contributed by atoms with Gasteiger partial charge in [0.1, 0.15) is 0 Å². The first-order valence-corrected chi connectivity index (χ1v) is 7.24. The van der Waals surface area contributed by atoms with Crippen LogP contribution in [0.25, 0.3) is 16.6 Å². The minimum Gasteiger partial charge on any atom is -0.311 e. The van der Waals surface area contributed by atoms with Crippen molar-refractivity contribution in [3.05, 3.63) is 46.8 Å². The van der Waals surface area contributed by atoms with Gasteiger partial charge in [0.2, 0.25) is 0 Å². The van der Waals surface area contributed by atoms with Crippen molar-refractivity contribution in [2.75, 3.05) is 6.54 Å². The highest BCUT2D eigenvalue weighted by Crippen LogP contribution is 2.22. The molecule has 2 heterocycles. The molecule has 0 radical (unpaired) electrons. The summed E-state index contributed by atoms with van der Waals surface area (Å²) in [5, 5.41) is 12.7. The number of fused-ring (bicyclic) bond motifs is 1. The van der Waals surface area contributed by atoms with Crippen LogP contribution >= 0.6 is 15.9 Å². The first-order valence-electron chi connectivity index (χ1n) is 6.44. The summed E-state index contributed by atoms with van der Waals surface area (Å²) in [5.41, 5.74) is 2.77. The number of nitrogens with zero attached hydrogens (tertiary/aromatic N) is 4. The quantitative estimate of drug-likeness (QED) is 0.798. The molecule has 1 N–H and O–H groups in total. The normalized spacial score (nSPS) is 11.1. The van der Waals surface area contributed by atoms with Gasteiger partial charge in [-0.25, -0.2) is 4.68 Å². The Labute approximate surface area is 125 Å². The van der Waals surface area contributed by atoms with E-state index in [0.29, 0.717) is 0 Å². The first-order chi connectivity index (χ1) is 9.78. The van der Waals surface area contributed by atoms with Crippen LogP contribution in [-0.4, -0.2) is 26.5 Å². The molecule has 0 aliphatic carbocycles. The number of hydrogen-bond donors (Lipinski definition) is 1. The molecule has 0 unspecified atom stereocenters. The first kappa shape index (κ1) is 13.2. The summed E-state index contributed by atoms with van der Waals surface area (Å²) in [5.74, 6) is 0. The molecule has 20 heavy (non-hydrogen) atoms. The van der Waals surface area contributed by atoms with Crippen molar-refractivity contribution >= 4 is 26.8 Å². The van der Waals surface area contributed by atoms with E-state index in [1.165, 1.54) is 0 Å². The summed E-state index contributed by atoms with van der Waals surface area (Å²) in [4.78, 5) is 4.48. The summed E-state index contributed by atoms with van der Waals surface area (Å²) in [6, 6.07) is 8.07. The summed E-state index contributed by atoms with van der Waals surface area (Å²) >= 11 is 3.44. The number of para-hydroxylation sites is 1. The Kier molecular flexibility index (Phi) is 3.75. The monoisotopic (exact) mass is 331 g/mol. The number of halogens is 1. The number of benzene rings is 1. The minimum atomic E-state index is 0.722. The smallest absolute Gasteiger partial charge is 0.0969 e. The van der Waals surface area contributed by atoms with Gasteiger partial charge in [-0.15, -0.1) is 5.10 Å². The van der Waals surface area contributed by atoms with E-state index in [-0.39, 0.29) is 0 Å². The third kappa shape index (κ3) is 2.57. The van der Waals surface area contributed by atoms with Crippen molar-refractivity contribution in [1.82, 2.24) is 25.3 Å². The number of nitrogens with one attached hydrogen (secondary N) is 1. The summed E-state index contributed by atoms with van der Waals surface area (Å²) in [6.45, 7) is 3.70. The van der Waals surface area contributed by atoms with E-state index in [2.05, 4.69) is 43.5 Å². The Balaban J connectivity index is 2.03. The molecule has 1 aromatic carbocycles. The highest BCUT2D eigenvalue weighted by molar-refractivity contribution is 9.10. The van der Waals surface area contributed by atoms with Crippen LogP contribution in [0.5, 0.6) is 0 Å². The molecule has 0 aliphatic heterocycles. The fraction of sp³-hybridized carbons (Fsp3) is 0.214. The van der Waals surface area contributed by atoms with E-state index in [1.807, 2.05) is 30.5 Å². The summed E-state index contributed by atoms with van der Waals surface area (Å²) in [6.07, 6.45) is 3.73. The number of aromatic nitrogens is 4. The topological polar surface area (TPSA) is 55.6 Å². The summed E-state index contributed by atoms with van der Waals surface area (Å²) < 4.78 is 2.74. The zero-order chi connectivity index (χ0) is 13.9. The molecule has 5 nitrogen and oxygen atoms in total. The lowest BCUT2D eigenvalue weighted by atomic mass is 10.2. The van der Waals surface area contributed by atoms with E-state index < -0.39 is 0 Å². The van der Waals surface area contributed by atoms with Gasteiger partial charge >= 0.3 is 0 Å². The van der Waals surface area contributed by atoms with Gasteiger partial charge in [-0.05, 0) is 34.6 Å². The lowest BCUT2D eigenvalue weighted by Gasteiger charge is -2.05. The van der Waals surface area contributed by atoms with Crippen LogP contribution < -0.4 is 5.32 Å². The third-order valence-electron chi connectivity index (χ3n) is 3.00. The van der Waals surface area contributed by atoms with Gasteiger partial charge < -0.3 is 5.32 Å². The lowest BCUT2D eigenvalue weighted by Crippen LogP contribution is -2.11. The zero-order valence-corrected chi connectivity index (χ0v) is 12.6. The standard InChI is InChI=1S/C14H14BrN5/c1-2-16-8-12-9-20(19-18-12)13-5-3-4-10-6-11(15)7-17-14(10)13/h3-7,9,16H,2,8H2,1H3. The Morgan fingerprint density at radius 3 is 3.10 bits per heavy atom. The average molecular weight is 332 g/mol. The Hall–Kier alpha value is -1.79. The second kappa shape index (κ2) is 5.68. The highest BCUT2D eigenvalue weighted by atomic mass is 79.9. The molecule has 0 saturated carbocycles. The van der Waals surface area contributed by atoms with Gasteiger partial charge in [0.15, 0.2) is 0 Å². The highest BCUT2D eigenvalue weighted by Gasteiger charge is 2.07. The number of rotatable bonds is 4. The Bertz CT molecular complexity index is 737. The van der Waals surface area contributed by atoms with Crippen molar-refractivity contribution in [3.8, 4) is 5.69 Å². The van der Waals surface area contributed by atoms with Crippen molar-refractivity contribution in [1.29, 1.82) is 0 Å². The minimum absolute atomic E-state index is 0.722. The van der Waals surface area contributed by atoms with Gasteiger partial charge in [-0.1, -0.05) is 24.3 Å². The van der Waals surface area contributed by atoms with Crippen LogP contribution in [0.3, 0.4) is 0 Å². The van der Waals surface area contributed by atoms with Gasteiger partial charge in [0.25, 0.3) is 0 Å². The molecule has 0 atom stereocenters. The van der Waals surface area contributed by atoms with Crippen molar-refractivity contribution in [2.45, 2.75) is 13.5 Å². The molecule has 3 rings (SSSR count). The molecule has 3 aromatic rings. The SMILES string of the molecule is CCNCc1cn(-c2cccc3cc(Br)cnc23)nn1. The molecule has 0 saturated heterocycles. The van der Waals surface area contributed by atoms with Crippen molar-refractivity contribution < 1.29 is 0 Å². The molecule has 0 aliphatic rings. The molecule has 0 amide bonds. The Morgan fingerprint density at radius 2 is 2.25 bits per heavy atom. The fourth-order valence-corrected chi connectivity index (χ4v) is 2.40. The van der Waals surface area contributed by atoms with Crippen LogP contribution in [0.1, 0.15) is 12.6 Å². The molecule has 6 heteroatoms. The zero-order valence-electron chi connectivity index (χ0n) is 11.0. The number of pyridine rings is 1.